The number of benzene rings is 1. The minimum absolute atomic E-state index is 0.367. The van der Waals surface area contributed by atoms with E-state index in [1.807, 2.05) is 19.3 Å². The van der Waals surface area contributed by atoms with Crippen molar-refractivity contribution in [3.63, 3.8) is 0 Å². The van der Waals surface area contributed by atoms with Crippen molar-refractivity contribution in [3.05, 3.63) is 35.7 Å². The SMILES string of the molecule is CCOc1cc(C)c(-c2nccn2CC2(O)CCCNC2)cc1C(C)C. The summed E-state index contributed by atoms with van der Waals surface area (Å²) < 4.78 is 7.93. The van der Waals surface area contributed by atoms with Crippen molar-refractivity contribution in [2.24, 2.45) is 0 Å². The molecule has 2 N–H and O–H groups in total. The molecular weight excluding hydrogens is 326 g/mol. The minimum atomic E-state index is -0.715. The van der Waals surface area contributed by atoms with Crippen molar-refractivity contribution in [3.8, 4) is 17.1 Å². The van der Waals surface area contributed by atoms with Crippen LogP contribution in [0.15, 0.2) is 24.5 Å². The molecule has 1 saturated heterocycles. The monoisotopic (exact) mass is 357 g/mol. The molecule has 5 nitrogen and oxygen atoms in total. The Labute approximate surface area is 156 Å². The van der Waals surface area contributed by atoms with Crippen LogP contribution in [0.4, 0.5) is 0 Å². The van der Waals surface area contributed by atoms with Gasteiger partial charge in [0.25, 0.3) is 0 Å². The van der Waals surface area contributed by atoms with Gasteiger partial charge in [0, 0.05) is 24.5 Å². The van der Waals surface area contributed by atoms with Crippen LogP contribution in [0.1, 0.15) is 50.7 Å². The zero-order valence-electron chi connectivity index (χ0n) is 16.4. The van der Waals surface area contributed by atoms with Crippen LogP contribution in [0.2, 0.25) is 0 Å². The highest BCUT2D eigenvalue weighted by Gasteiger charge is 2.30. The summed E-state index contributed by atoms with van der Waals surface area (Å²) >= 11 is 0. The van der Waals surface area contributed by atoms with Gasteiger partial charge in [0.15, 0.2) is 0 Å². The van der Waals surface area contributed by atoms with Gasteiger partial charge in [0.05, 0.1) is 18.8 Å². The van der Waals surface area contributed by atoms with E-state index in [1.54, 1.807) is 0 Å². The topological polar surface area (TPSA) is 59.3 Å². The zero-order chi connectivity index (χ0) is 18.7. The van der Waals surface area contributed by atoms with Gasteiger partial charge in [0.1, 0.15) is 11.6 Å². The second-order valence-corrected chi connectivity index (χ2v) is 7.68. The van der Waals surface area contributed by atoms with Crippen LogP contribution in [-0.4, -0.2) is 40.0 Å². The molecular formula is C21H31N3O2. The first-order valence-corrected chi connectivity index (χ1v) is 9.65. The lowest BCUT2D eigenvalue weighted by Crippen LogP contribution is -2.48. The van der Waals surface area contributed by atoms with Gasteiger partial charge in [-0.05, 0) is 62.4 Å². The summed E-state index contributed by atoms with van der Waals surface area (Å²) in [4.78, 5) is 4.61. The number of β-amino-alcohol motifs (C(OH)–C–C–N with tert-alkyl or cyclic N) is 1. The normalized spacial score (nSPS) is 20.5. The molecule has 5 heteroatoms. The van der Waals surface area contributed by atoms with Crippen molar-refractivity contribution in [1.82, 2.24) is 14.9 Å². The number of nitrogens with zero attached hydrogens (tertiary/aromatic N) is 2. The Morgan fingerprint density at radius 2 is 2.19 bits per heavy atom. The molecule has 1 fully saturated rings. The Morgan fingerprint density at radius 3 is 2.85 bits per heavy atom. The molecule has 2 heterocycles. The van der Waals surface area contributed by atoms with E-state index in [0.717, 1.165) is 42.1 Å². The zero-order valence-corrected chi connectivity index (χ0v) is 16.4. The molecule has 1 aliphatic heterocycles. The van der Waals surface area contributed by atoms with Crippen molar-refractivity contribution in [2.75, 3.05) is 19.7 Å². The van der Waals surface area contributed by atoms with E-state index >= 15 is 0 Å². The molecule has 3 rings (SSSR count). The number of nitrogens with one attached hydrogen (secondary N) is 1. The predicted molar refractivity (Wildman–Crippen MR) is 105 cm³/mol. The van der Waals surface area contributed by atoms with Crippen LogP contribution in [0.5, 0.6) is 5.75 Å². The van der Waals surface area contributed by atoms with E-state index < -0.39 is 5.60 Å². The molecule has 0 radical (unpaired) electrons. The maximum atomic E-state index is 10.9. The van der Waals surface area contributed by atoms with Crippen LogP contribution in [-0.2, 0) is 6.54 Å². The summed E-state index contributed by atoms with van der Waals surface area (Å²) in [5.74, 6) is 2.23. The van der Waals surface area contributed by atoms with Gasteiger partial charge in [-0.2, -0.15) is 0 Å². The number of aromatic nitrogens is 2. The fourth-order valence-corrected chi connectivity index (χ4v) is 3.76. The van der Waals surface area contributed by atoms with Gasteiger partial charge < -0.3 is 19.7 Å². The fraction of sp³-hybridized carbons (Fsp3) is 0.571. The van der Waals surface area contributed by atoms with Crippen LogP contribution in [0.3, 0.4) is 0 Å². The van der Waals surface area contributed by atoms with E-state index in [0.29, 0.717) is 25.6 Å². The van der Waals surface area contributed by atoms with Crippen LogP contribution in [0, 0.1) is 6.92 Å². The molecule has 142 valence electrons. The first-order valence-electron chi connectivity index (χ1n) is 9.65. The molecule has 0 spiro atoms. The number of rotatable bonds is 6. The molecule has 1 aliphatic rings. The van der Waals surface area contributed by atoms with Gasteiger partial charge >= 0.3 is 0 Å². The van der Waals surface area contributed by atoms with Gasteiger partial charge in [-0.3, -0.25) is 0 Å². The maximum Gasteiger partial charge on any atom is 0.140 e. The van der Waals surface area contributed by atoms with Crippen molar-refractivity contribution in [2.45, 2.75) is 58.6 Å². The molecule has 0 saturated carbocycles. The number of imidazole rings is 1. The summed E-state index contributed by atoms with van der Waals surface area (Å²) in [7, 11) is 0. The third-order valence-corrected chi connectivity index (χ3v) is 5.15. The molecule has 1 aromatic carbocycles. The number of aryl methyl sites for hydroxylation is 1. The van der Waals surface area contributed by atoms with Gasteiger partial charge in [-0.1, -0.05) is 13.8 Å². The molecule has 1 atom stereocenters. The van der Waals surface area contributed by atoms with E-state index in [2.05, 4.69) is 47.8 Å². The Morgan fingerprint density at radius 1 is 1.38 bits per heavy atom. The lowest BCUT2D eigenvalue weighted by Gasteiger charge is -2.33. The smallest absolute Gasteiger partial charge is 0.140 e. The van der Waals surface area contributed by atoms with E-state index in [-0.39, 0.29) is 0 Å². The molecule has 0 amide bonds. The summed E-state index contributed by atoms with van der Waals surface area (Å²) in [5, 5.41) is 14.2. The quantitative estimate of drug-likeness (QED) is 0.831. The van der Waals surface area contributed by atoms with E-state index in [4.69, 9.17) is 4.74 Å². The highest BCUT2D eigenvalue weighted by molar-refractivity contribution is 5.64. The van der Waals surface area contributed by atoms with Gasteiger partial charge in [0.2, 0.25) is 0 Å². The van der Waals surface area contributed by atoms with E-state index in [1.165, 1.54) is 5.56 Å². The van der Waals surface area contributed by atoms with Crippen molar-refractivity contribution in [1.29, 1.82) is 0 Å². The molecule has 2 aromatic rings. The van der Waals surface area contributed by atoms with E-state index in [9.17, 15) is 5.11 Å². The first kappa shape index (κ1) is 18.9. The number of ether oxygens (including phenoxy) is 1. The highest BCUT2D eigenvalue weighted by Crippen LogP contribution is 2.34. The standard InChI is InChI=1S/C21H31N3O2/c1-5-26-19-11-16(4)18(12-17(19)15(2)3)20-23-9-10-24(20)14-21(25)7-6-8-22-13-21/h9-12,15,22,25H,5-8,13-14H2,1-4H3. The molecule has 1 unspecified atom stereocenters. The molecule has 0 aliphatic carbocycles. The fourth-order valence-electron chi connectivity index (χ4n) is 3.76. The first-order chi connectivity index (χ1) is 12.4. The third kappa shape index (κ3) is 3.94. The summed E-state index contributed by atoms with van der Waals surface area (Å²) in [6.07, 6.45) is 5.60. The Bertz CT molecular complexity index is 746. The highest BCUT2D eigenvalue weighted by atomic mass is 16.5. The Kier molecular flexibility index (Phi) is 5.68. The van der Waals surface area contributed by atoms with Gasteiger partial charge in [-0.25, -0.2) is 4.98 Å². The number of piperidine rings is 1. The molecule has 1 aromatic heterocycles. The van der Waals surface area contributed by atoms with Crippen LogP contribution >= 0.6 is 0 Å². The second kappa shape index (κ2) is 7.80. The van der Waals surface area contributed by atoms with Crippen molar-refractivity contribution < 1.29 is 9.84 Å². The van der Waals surface area contributed by atoms with Crippen LogP contribution < -0.4 is 10.1 Å². The summed E-state index contributed by atoms with van der Waals surface area (Å²) in [6.45, 7) is 11.3. The number of aliphatic hydroxyl groups is 1. The number of hydrogen-bond acceptors (Lipinski definition) is 4. The number of hydrogen-bond donors (Lipinski definition) is 2. The lowest BCUT2D eigenvalue weighted by molar-refractivity contribution is 0.00105. The van der Waals surface area contributed by atoms with Gasteiger partial charge in [-0.15, -0.1) is 0 Å². The Balaban J connectivity index is 1.97. The average Bonchev–Trinajstić information content (AvgIpc) is 3.03. The average molecular weight is 357 g/mol. The predicted octanol–water partition coefficient (Wildman–Crippen LogP) is 3.50. The Hall–Kier alpha value is -1.85. The largest absolute Gasteiger partial charge is 0.494 e. The second-order valence-electron chi connectivity index (χ2n) is 7.68. The molecule has 26 heavy (non-hydrogen) atoms. The molecule has 0 bridgehead atoms. The lowest BCUT2D eigenvalue weighted by atomic mass is 9.93. The van der Waals surface area contributed by atoms with Crippen LogP contribution in [0.25, 0.3) is 11.4 Å². The maximum absolute atomic E-state index is 10.9. The van der Waals surface area contributed by atoms with Crippen molar-refractivity contribution >= 4 is 0 Å². The summed E-state index contributed by atoms with van der Waals surface area (Å²) in [6, 6.07) is 4.32. The minimum Gasteiger partial charge on any atom is -0.494 e. The summed E-state index contributed by atoms with van der Waals surface area (Å²) in [5.41, 5.74) is 2.72. The third-order valence-electron chi connectivity index (χ3n) is 5.15.